The van der Waals surface area contributed by atoms with E-state index in [2.05, 4.69) is 6.58 Å². The molecule has 30 heavy (non-hydrogen) atoms. The van der Waals surface area contributed by atoms with Crippen LogP contribution in [0.15, 0.2) is 47.1 Å². The number of aliphatic hydroxyl groups is 2. The summed E-state index contributed by atoms with van der Waals surface area (Å²) in [4.78, 5) is 36.2. The van der Waals surface area contributed by atoms with Crippen LogP contribution in [-0.2, 0) is 28.6 Å². The summed E-state index contributed by atoms with van der Waals surface area (Å²) in [6.45, 7) is 9.46. The van der Waals surface area contributed by atoms with Crippen LogP contribution >= 0.6 is 0 Å². The zero-order valence-electron chi connectivity index (χ0n) is 17.6. The SMILES string of the molecule is C=C1C(=O)O[C@@H]2/C=C(/CO)[C@@H](OC(C)=O)C[C@H](O)/C(C)=C/[C@@H](OC(=O)/C(C)=C/C)[C@@H]12. The average Bonchev–Trinajstić information content (AvgIpc) is 2.96. The van der Waals surface area contributed by atoms with E-state index in [1.54, 1.807) is 32.9 Å². The Morgan fingerprint density at radius 1 is 1.30 bits per heavy atom. The molecule has 1 heterocycles. The number of hydrogen-bond acceptors (Lipinski definition) is 8. The van der Waals surface area contributed by atoms with Crippen molar-refractivity contribution in [3.05, 3.63) is 47.1 Å². The summed E-state index contributed by atoms with van der Waals surface area (Å²) in [5.74, 6) is -2.58. The fourth-order valence-corrected chi connectivity index (χ4v) is 3.38. The number of ether oxygens (including phenoxy) is 3. The van der Waals surface area contributed by atoms with E-state index >= 15 is 0 Å². The lowest BCUT2D eigenvalue weighted by molar-refractivity contribution is -0.147. The maximum atomic E-state index is 12.4. The van der Waals surface area contributed by atoms with Gasteiger partial charge in [0.1, 0.15) is 18.3 Å². The fourth-order valence-electron chi connectivity index (χ4n) is 3.38. The molecule has 0 unspecified atom stereocenters. The van der Waals surface area contributed by atoms with Crippen molar-refractivity contribution in [1.82, 2.24) is 0 Å². The minimum atomic E-state index is -1.05. The lowest BCUT2D eigenvalue weighted by Gasteiger charge is -2.29. The normalized spacial score (nSPS) is 33.4. The molecular weight excluding hydrogens is 392 g/mol. The third-order valence-electron chi connectivity index (χ3n) is 5.29. The molecule has 2 N–H and O–H groups in total. The highest BCUT2D eigenvalue weighted by atomic mass is 16.6. The van der Waals surface area contributed by atoms with Gasteiger partial charge in [-0.2, -0.15) is 0 Å². The van der Waals surface area contributed by atoms with E-state index in [4.69, 9.17) is 14.2 Å². The molecule has 0 saturated carbocycles. The molecule has 1 fully saturated rings. The van der Waals surface area contributed by atoms with Crippen LogP contribution in [-0.4, -0.2) is 59.1 Å². The number of fused-ring (bicyclic) bond motifs is 1. The fraction of sp³-hybridized carbons (Fsp3) is 0.500. The molecule has 0 aromatic heterocycles. The van der Waals surface area contributed by atoms with Crippen molar-refractivity contribution >= 4 is 17.9 Å². The van der Waals surface area contributed by atoms with Crippen LogP contribution in [0, 0.1) is 5.92 Å². The molecule has 0 amide bonds. The van der Waals surface area contributed by atoms with Gasteiger partial charge in [-0.25, -0.2) is 9.59 Å². The number of aliphatic hydroxyl groups excluding tert-OH is 2. The Morgan fingerprint density at radius 2 is 1.97 bits per heavy atom. The first-order valence-electron chi connectivity index (χ1n) is 9.67. The Bertz CT molecular complexity index is 819. The van der Waals surface area contributed by atoms with Crippen molar-refractivity contribution in [2.75, 3.05) is 6.61 Å². The van der Waals surface area contributed by atoms with Gasteiger partial charge in [-0.3, -0.25) is 4.79 Å². The van der Waals surface area contributed by atoms with Gasteiger partial charge in [-0.15, -0.1) is 0 Å². The Morgan fingerprint density at radius 3 is 2.53 bits per heavy atom. The zero-order valence-corrected chi connectivity index (χ0v) is 17.6. The van der Waals surface area contributed by atoms with Gasteiger partial charge in [-0.1, -0.05) is 12.7 Å². The smallest absolute Gasteiger partial charge is 0.334 e. The number of hydrogen-bond donors (Lipinski definition) is 2. The second kappa shape index (κ2) is 9.86. The van der Waals surface area contributed by atoms with Crippen molar-refractivity contribution in [3.8, 4) is 0 Å². The molecule has 5 atom stereocenters. The van der Waals surface area contributed by atoms with Gasteiger partial charge in [-0.05, 0) is 44.1 Å². The Labute approximate surface area is 175 Å². The predicted molar refractivity (Wildman–Crippen MR) is 107 cm³/mol. The minimum absolute atomic E-state index is 0.0187. The quantitative estimate of drug-likeness (QED) is 0.304. The highest BCUT2D eigenvalue weighted by molar-refractivity contribution is 5.92. The molecule has 164 valence electrons. The third-order valence-corrected chi connectivity index (χ3v) is 5.29. The predicted octanol–water partition coefficient (Wildman–Crippen LogP) is 1.52. The molecule has 1 aliphatic carbocycles. The van der Waals surface area contributed by atoms with E-state index < -0.39 is 54.8 Å². The van der Waals surface area contributed by atoms with E-state index in [-0.39, 0.29) is 17.6 Å². The highest BCUT2D eigenvalue weighted by Crippen LogP contribution is 2.36. The largest absolute Gasteiger partial charge is 0.458 e. The summed E-state index contributed by atoms with van der Waals surface area (Å²) in [6, 6.07) is 0. The molecule has 0 bridgehead atoms. The van der Waals surface area contributed by atoms with E-state index in [0.29, 0.717) is 11.1 Å². The van der Waals surface area contributed by atoms with E-state index in [1.807, 2.05) is 0 Å². The van der Waals surface area contributed by atoms with E-state index in [0.717, 1.165) is 0 Å². The summed E-state index contributed by atoms with van der Waals surface area (Å²) in [7, 11) is 0. The topological polar surface area (TPSA) is 119 Å². The molecule has 0 radical (unpaired) electrons. The van der Waals surface area contributed by atoms with Crippen molar-refractivity contribution in [1.29, 1.82) is 0 Å². The van der Waals surface area contributed by atoms with Gasteiger partial charge < -0.3 is 24.4 Å². The summed E-state index contributed by atoms with van der Waals surface area (Å²) < 4.78 is 16.3. The molecule has 8 nitrogen and oxygen atoms in total. The first kappa shape index (κ1) is 23.6. The van der Waals surface area contributed by atoms with Crippen molar-refractivity contribution in [3.63, 3.8) is 0 Å². The van der Waals surface area contributed by atoms with Crippen LogP contribution in [0.3, 0.4) is 0 Å². The minimum Gasteiger partial charge on any atom is -0.458 e. The maximum absolute atomic E-state index is 12.4. The molecule has 2 rings (SSSR count). The molecule has 8 heteroatoms. The van der Waals surface area contributed by atoms with Crippen LogP contribution in [0.1, 0.15) is 34.1 Å². The number of carbonyl (C=O) groups is 3. The molecule has 0 aromatic carbocycles. The molecule has 1 aliphatic heterocycles. The monoisotopic (exact) mass is 420 g/mol. The van der Waals surface area contributed by atoms with Crippen LogP contribution in [0.25, 0.3) is 0 Å². The highest BCUT2D eigenvalue weighted by Gasteiger charge is 2.45. The van der Waals surface area contributed by atoms with Gasteiger partial charge in [0.2, 0.25) is 0 Å². The van der Waals surface area contributed by atoms with Crippen LogP contribution < -0.4 is 0 Å². The van der Waals surface area contributed by atoms with Crippen molar-refractivity contribution < 1.29 is 38.8 Å². The maximum Gasteiger partial charge on any atom is 0.334 e. The van der Waals surface area contributed by atoms with E-state index in [1.165, 1.54) is 13.0 Å². The lowest BCUT2D eigenvalue weighted by Crippen LogP contribution is -2.35. The Hall–Kier alpha value is -2.71. The molecule has 0 spiro atoms. The van der Waals surface area contributed by atoms with Gasteiger partial charge in [0.15, 0.2) is 0 Å². The van der Waals surface area contributed by atoms with Crippen molar-refractivity contribution in [2.24, 2.45) is 5.92 Å². The van der Waals surface area contributed by atoms with Gasteiger partial charge in [0.25, 0.3) is 0 Å². The number of allylic oxidation sites excluding steroid dienone is 1. The first-order valence-corrected chi connectivity index (χ1v) is 9.67. The standard InChI is InChI=1S/C22H28O8/c1-6-11(2)21(26)29-18-7-12(3)16(25)9-17(28-14(5)24)15(10-23)8-19-20(18)13(4)22(27)30-19/h6-8,16-20,23,25H,4,9-10H2,1-3,5H3/b11-6+,12-7+,15-8-/t16-,17-,18+,19+,20+/m0/s1. The number of rotatable bonds is 4. The second-order valence-corrected chi connectivity index (χ2v) is 7.42. The Kier molecular flexibility index (Phi) is 7.75. The van der Waals surface area contributed by atoms with Gasteiger partial charge >= 0.3 is 17.9 Å². The number of esters is 3. The van der Waals surface area contributed by atoms with E-state index in [9.17, 15) is 24.6 Å². The molecule has 0 aromatic rings. The molecular formula is C22H28O8. The summed E-state index contributed by atoms with van der Waals surface area (Å²) >= 11 is 0. The first-order chi connectivity index (χ1) is 14.1. The van der Waals surface area contributed by atoms with Gasteiger partial charge in [0.05, 0.1) is 18.6 Å². The lowest BCUT2D eigenvalue weighted by atomic mass is 9.85. The zero-order chi connectivity index (χ0) is 22.6. The molecule has 1 saturated heterocycles. The third kappa shape index (κ3) is 5.25. The summed E-state index contributed by atoms with van der Waals surface area (Å²) in [5.41, 5.74) is 1.21. The van der Waals surface area contributed by atoms with Gasteiger partial charge in [0, 0.05) is 24.5 Å². The van der Waals surface area contributed by atoms with Crippen molar-refractivity contribution in [2.45, 2.75) is 58.5 Å². The molecule has 2 aliphatic rings. The second-order valence-electron chi connectivity index (χ2n) is 7.42. The average molecular weight is 420 g/mol. The summed E-state index contributed by atoms with van der Waals surface area (Å²) in [5, 5.41) is 20.5. The van der Waals surface area contributed by atoms with Crippen LogP contribution in [0.5, 0.6) is 0 Å². The van der Waals surface area contributed by atoms with Crippen LogP contribution in [0.2, 0.25) is 0 Å². The number of carbonyl (C=O) groups excluding carboxylic acids is 3. The summed E-state index contributed by atoms with van der Waals surface area (Å²) in [6.07, 6.45) is 0.817. The Balaban J connectivity index is 2.56. The van der Waals surface area contributed by atoms with Crippen LogP contribution in [0.4, 0.5) is 0 Å².